The molecule has 0 radical (unpaired) electrons. The molecule has 0 saturated heterocycles. The van der Waals surface area contributed by atoms with Gasteiger partial charge in [-0.3, -0.25) is 14.4 Å². The lowest BCUT2D eigenvalue weighted by atomic mass is 10.0. The van der Waals surface area contributed by atoms with Gasteiger partial charge in [-0.05, 0) is 37.0 Å². The Hall–Kier alpha value is -1.59. The molecule has 0 aliphatic rings. The first-order chi connectivity index (χ1) is 28.1. The van der Waals surface area contributed by atoms with Gasteiger partial charge in [-0.1, -0.05) is 241 Å². The summed E-state index contributed by atoms with van der Waals surface area (Å²) in [6, 6.07) is 0. The third kappa shape index (κ3) is 45.5. The monoisotopic (exact) mass is 821 g/mol. The lowest BCUT2D eigenvalue weighted by molar-refractivity contribution is -0.167. The molecular formula is C52H100O6. The lowest BCUT2D eigenvalue weighted by Crippen LogP contribution is -2.30. The molecule has 6 nitrogen and oxygen atoms in total. The van der Waals surface area contributed by atoms with E-state index in [4.69, 9.17) is 14.2 Å². The normalized spacial score (nSPS) is 12.2. The molecule has 0 heterocycles. The molecule has 0 spiro atoms. The number of ether oxygens (including phenoxy) is 3. The summed E-state index contributed by atoms with van der Waals surface area (Å²) >= 11 is 0. The second-order valence-corrected chi connectivity index (χ2v) is 19.2. The molecule has 0 unspecified atom stereocenters. The van der Waals surface area contributed by atoms with Gasteiger partial charge < -0.3 is 14.2 Å². The summed E-state index contributed by atoms with van der Waals surface area (Å²) < 4.78 is 16.8. The van der Waals surface area contributed by atoms with Crippen LogP contribution in [0.5, 0.6) is 0 Å². The number of hydrogen-bond donors (Lipinski definition) is 0. The van der Waals surface area contributed by atoms with Crippen LogP contribution in [0.2, 0.25) is 0 Å². The van der Waals surface area contributed by atoms with Gasteiger partial charge in [0.2, 0.25) is 0 Å². The van der Waals surface area contributed by atoms with Gasteiger partial charge in [-0.15, -0.1) is 0 Å². The maximum atomic E-state index is 12.7. The Bertz CT molecular complexity index is 898. The maximum Gasteiger partial charge on any atom is 0.306 e. The highest BCUT2D eigenvalue weighted by molar-refractivity contribution is 5.71. The van der Waals surface area contributed by atoms with E-state index in [1.807, 2.05) is 0 Å². The van der Waals surface area contributed by atoms with Gasteiger partial charge >= 0.3 is 17.9 Å². The first-order valence-corrected chi connectivity index (χ1v) is 25.6. The fourth-order valence-corrected chi connectivity index (χ4v) is 7.76. The van der Waals surface area contributed by atoms with E-state index in [2.05, 4.69) is 41.5 Å². The molecule has 0 aromatic carbocycles. The minimum atomic E-state index is -0.763. The van der Waals surface area contributed by atoms with Crippen molar-refractivity contribution in [3.63, 3.8) is 0 Å². The highest BCUT2D eigenvalue weighted by Gasteiger charge is 2.19. The Morgan fingerprint density at radius 1 is 0.293 bits per heavy atom. The van der Waals surface area contributed by atoms with Crippen LogP contribution in [-0.2, 0) is 28.6 Å². The molecular weight excluding hydrogens is 721 g/mol. The number of hydrogen-bond acceptors (Lipinski definition) is 6. The second-order valence-electron chi connectivity index (χ2n) is 19.2. The predicted molar refractivity (Wildman–Crippen MR) is 247 cm³/mol. The Balaban J connectivity index is 4.28. The number of rotatable bonds is 45. The number of carbonyl (C=O) groups excluding carboxylic acids is 3. The molecule has 0 amide bonds. The molecule has 0 rings (SSSR count). The van der Waals surface area contributed by atoms with Crippen molar-refractivity contribution < 1.29 is 28.6 Å². The van der Waals surface area contributed by atoms with Gasteiger partial charge in [-0.25, -0.2) is 0 Å². The molecule has 6 heteroatoms. The summed E-state index contributed by atoms with van der Waals surface area (Å²) in [7, 11) is 0. The summed E-state index contributed by atoms with van der Waals surface area (Å²) in [6.07, 6.45) is 42.4. The van der Waals surface area contributed by atoms with Gasteiger partial charge in [0.1, 0.15) is 13.2 Å². The van der Waals surface area contributed by atoms with Gasteiger partial charge in [0.25, 0.3) is 0 Å². The summed E-state index contributed by atoms with van der Waals surface area (Å²) in [5.74, 6) is 1.59. The molecule has 0 fully saturated rings. The fourth-order valence-electron chi connectivity index (χ4n) is 7.76. The third-order valence-corrected chi connectivity index (χ3v) is 11.6. The van der Waals surface area contributed by atoms with Crippen molar-refractivity contribution in [3.05, 3.63) is 0 Å². The van der Waals surface area contributed by atoms with E-state index in [1.165, 1.54) is 161 Å². The second kappa shape index (κ2) is 43.5. The van der Waals surface area contributed by atoms with E-state index in [9.17, 15) is 14.4 Å². The van der Waals surface area contributed by atoms with Gasteiger partial charge in [0, 0.05) is 19.3 Å². The number of carbonyl (C=O) groups is 3. The van der Waals surface area contributed by atoms with Crippen LogP contribution in [0.1, 0.15) is 279 Å². The molecule has 1 atom stereocenters. The smallest absolute Gasteiger partial charge is 0.306 e. The van der Waals surface area contributed by atoms with Crippen molar-refractivity contribution in [2.24, 2.45) is 17.8 Å². The van der Waals surface area contributed by atoms with Crippen LogP contribution in [-0.4, -0.2) is 37.2 Å². The summed E-state index contributed by atoms with van der Waals surface area (Å²) in [4.78, 5) is 37.9. The molecule has 0 aromatic rings. The largest absolute Gasteiger partial charge is 0.462 e. The van der Waals surface area contributed by atoms with E-state index in [-0.39, 0.29) is 31.1 Å². The minimum Gasteiger partial charge on any atom is -0.462 e. The van der Waals surface area contributed by atoms with Crippen molar-refractivity contribution in [1.82, 2.24) is 0 Å². The fraction of sp³-hybridized carbons (Fsp3) is 0.942. The van der Waals surface area contributed by atoms with E-state index in [0.29, 0.717) is 19.3 Å². The quantitative estimate of drug-likeness (QED) is 0.0346. The Morgan fingerprint density at radius 3 is 0.741 bits per heavy atom. The predicted octanol–water partition coefficient (Wildman–Crippen LogP) is 16.4. The third-order valence-electron chi connectivity index (χ3n) is 11.6. The van der Waals surface area contributed by atoms with Crippen LogP contribution in [0, 0.1) is 17.8 Å². The zero-order valence-electron chi connectivity index (χ0n) is 39.8. The van der Waals surface area contributed by atoms with Crippen LogP contribution < -0.4 is 0 Å². The van der Waals surface area contributed by atoms with Crippen LogP contribution in [0.15, 0.2) is 0 Å². The first-order valence-electron chi connectivity index (χ1n) is 25.6. The van der Waals surface area contributed by atoms with Gasteiger partial charge in [-0.2, -0.15) is 0 Å². The summed E-state index contributed by atoms with van der Waals surface area (Å²) in [5, 5.41) is 0. The zero-order chi connectivity index (χ0) is 42.7. The summed E-state index contributed by atoms with van der Waals surface area (Å²) in [5.41, 5.74) is 0. The van der Waals surface area contributed by atoms with Crippen LogP contribution in [0.4, 0.5) is 0 Å². The SMILES string of the molecule is CC(C)CCCCCCCCCCCCCCCC(=O)OC[C@@H](COC(=O)CCCCCCCCCCCCCC(C)C)OC(=O)CCCCCCCCCC(C)C. The Kier molecular flexibility index (Phi) is 42.3. The first kappa shape index (κ1) is 56.4. The molecule has 0 N–H and O–H groups in total. The maximum absolute atomic E-state index is 12.7. The minimum absolute atomic E-state index is 0.0654. The molecule has 0 aromatic heterocycles. The van der Waals surface area contributed by atoms with E-state index in [1.54, 1.807) is 0 Å². The van der Waals surface area contributed by atoms with E-state index >= 15 is 0 Å². The zero-order valence-corrected chi connectivity index (χ0v) is 39.8. The average molecular weight is 821 g/mol. The highest BCUT2D eigenvalue weighted by atomic mass is 16.6. The highest BCUT2D eigenvalue weighted by Crippen LogP contribution is 2.17. The molecule has 0 aliphatic heterocycles. The summed E-state index contributed by atoms with van der Waals surface area (Å²) in [6.45, 7) is 13.7. The number of unbranched alkanes of at least 4 members (excludes halogenated alkanes) is 28. The van der Waals surface area contributed by atoms with Crippen molar-refractivity contribution in [1.29, 1.82) is 0 Å². The number of esters is 3. The van der Waals surface area contributed by atoms with Crippen molar-refractivity contribution in [3.8, 4) is 0 Å². The van der Waals surface area contributed by atoms with Crippen molar-refractivity contribution >= 4 is 17.9 Å². The average Bonchev–Trinajstić information content (AvgIpc) is 3.18. The van der Waals surface area contributed by atoms with Gasteiger partial charge in [0.15, 0.2) is 6.10 Å². The molecule has 344 valence electrons. The topological polar surface area (TPSA) is 78.9 Å². The standard InChI is InChI=1S/C52H100O6/c1-46(2)38-32-26-20-15-11-8-7-9-13-17-23-29-35-41-50(53)56-44-49(58-52(55)43-37-31-25-19-22-28-34-40-48(5)6)45-57-51(54)42-36-30-24-18-14-10-12-16-21-27-33-39-47(3)4/h46-49H,7-45H2,1-6H3/t49-/m0/s1. The van der Waals surface area contributed by atoms with Crippen molar-refractivity contribution in [2.45, 2.75) is 285 Å². The molecule has 58 heavy (non-hydrogen) atoms. The van der Waals surface area contributed by atoms with E-state index < -0.39 is 6.10 Å². The van der Waals surface area contributed by atoms with Crippen LogP contribution >= 0.6 is 0 Å². The molecule has 0 aliphatic carbocycles. The molecule has 0 saturated carbocycles. The van der Waals surface area contributed by atoms with Crippen LogP contribution in [0.25, 0.3) is 0 Å². The Morgan fingerprint density at radius 2 is 0.500 bits per heavy atom. The van der Waals surface area contributed by atoms with Crippen molar-refractivity contribution in [2.75, 3.05) is 13.2 Å². The van der Waals surface area contributed by atoms with Crippen LogP contribution in [0.3, 0.4) is 0 Å². The molecule has 0 bridgehead atoms. The Labute approximate surface area is 361 Å². The lowest BCUT2D eigenvalue weighted by Gasteiger charge is -2.18. The van der Waals surface area contributed by atoms with E-state index in [0.717, 1.165) is 75.5 Å². The van der Waals surface area contributed by atoms with Gasteiger partial charge in [0.05, 0.1) is 0 Å².